The molecule has 0 spiro atoms. The molecule has 0 saturated heterocycles. The van der Waals surface area contributed by atoms with Crippen molar-refractivity contribution in [1.82, 2.24) is 0 Å². The molecule has 1 aromatic rings. The van der Waals surface area contributed by atoms with Crippen molar-refractivity contribution in [2.75, 3.05) is 30.3 Å². The molecule has 0 fully saturated rings. The summed E-state index contributed by atoms with van der Waals surface area (Å²) in [5, 5.41) is 0. The highest BCUT2D eigenvalue weighted by Crippen LogP contribution is 2.27. The van der Waals surface area contributed by atoms with Crippen LogP contribution in [0.2, 0.25) is 0 Å². The van der Waals surface area contributed by atoms with E-state index in [1.54, 1.807) is 30.0 Å². The van der Waals surface area contributed by atoms with E-state index in [0.717, 1.165) is 12.8 Å². The average Bonchev–Trinajstić information content (AvgIpc) is 2.43. The smallest absolute Gasteiger partial charge is 0.340 e. The number of hydrogen-bond acceptors (Lipinski definition) is 5. The Kier molecular flexibility index (Phi) is 6.52. The predicted octanol–water partition coefficient (Wildman–Crippen LogP) is 1.54. The zero-order valence-corrected chi connectivity index (χ0v) is 12.6. The molecule has 0 aliphatic heterocycles. The summed E-state index contributed by atoms with van der Waals surface area (Å²) in [5.74, 6) is -0.904. The molecule has 0 atom stereocenters. The van der Waals surface area contributed by atoms with Crippen molar-refractivity contribution in [3.8, 4) is 0 Å². The van der Waals surface area contributed by atoms with Crippen molar-refractivity contribution in [2.24, 2.45) is 5.73 Å². The number of primary amides is 1. The van der Waals surface area contributed by atoms with Gasteiger partial charge in [0.25, 0.3) is 0 Å². The number of ether oxygens (including phenoxy) is 1. The summed E-state index contributed by atoms with van der Waals surface area (Å²) in [5.41, 5.74) is 12.6. The molecule has 1 amide bonds. The summed E-state index contributed by atoms with van der Waals surface area (Å²) in [4.78, 5) is 24.9. The van der Waals surface area contributed by atoms with Crippen LogP contribution in [0.15, 0.2) is 18.2 Å². The second-order valence-corrected chi connectivity index (χ2v) is 4.70. The molecular formula is C15H23N3O3. The van der Waals surface area contributed by atoms with Crippen molar-refractivity contribution in [1.29, 1.82) is 0 Å². The second-order valence-electron chi connectivity index (χ2n) is 4.70. The zero-order chi connectivity index (χ0) is 15.8. The van der Waals surface area contributed by atoms with E-state index < -0.39 is 11.9 Å². The Balaban J connectivity index is 3.10. The van der Waals surface area contributed by atoms with Crippen LogP contribution in [0.1, 0.15) is 37.0 Å². The Hall–Kier alpha value is -2.24. The average molecular weight is 293 g/mol. The number of esters is 1. The highest BCUT2D eigenvalue weighted by Gasteiger charge is 2.18. The lowest BCUT2D eigenvalue weighted by molar-refractivity contribution is -0.116. The lowest BCUT2D eigenvalue weighted by Crippen LogP contribution is -2.35. The third kappa shape index (κ3) is 4.66. The van der Waals surface area contributed by atoms with Crippen LogP contribution in [0, 0.1) is 0 Å². The maximum Gasteiger partial charge on any atom is 0.340 e. The maximum absolute atomic E-state index is 11.9. The van der Waals surface area contributed by atoms with Crippen LogP contribution in [-0.2, 0) is 9.53 Å². The summed E-state index contributed by atoms with van der Waals surface area (Å²) in [6.07, 6.45) is 1.88. The number of nitrogen functional groups attached to an aromatic ring is 1. The summed E-state index contributed by atoms with van der Waals surface area (Å²) in [6, 6.07) is 5.10. The SMILES string of the molecule is CCCCN(CC(N)=O)c1cccc(C(=O)OCC)c1N. The van der Waals surface area contributed by atoms with Crippen LogP contribution in [-0.4, -0.2) is 31.6 Å². The van der Waals surface area contributed by atoms with Crippen LogP contribution >= 0.6 is 0 Å². The van der Waals surface area contributed by atoms with E-state index in [1.165, 1.54) is 0 Å². The normalized spacial score (nSPS) is 10.2. The molecule has 0 heterocycles. The molecule has 6 heteroatoms. The number of para-hydroxylation sites is 1. The number of anilines is 2. The molecule has 0 saturated carbocycles. The second kappa shape index (κ2) is 8.14. The topological polar surface area (TPSA) is 98.6 Å². The first-order valence-corrected chi connectivity index (χ1v) is 7.10. The minimum absolute atomic E-state index is 0.0660. The van der Waals surface area contributed by atoms with E-state index in [-0.39, 0.29) is 13.2 Å². The summed E-state index contributed by atoms with van der Waals surface area (Å²) in [6.45, 7) is 4.79. The number of amides is 1. The highest BCUT2D eigenvalue weighted by atomic mass is 16.5. The molecule has 21 heavy (non-hydrogen) atoms. The fourth-order valence-electron chi connectivity index (χ4n) is 2.04. The molecule has 6 nitrogen and oxygen atoms in total. The fourth-order valence-corrected chi connectivity index (χ4v) is 2.04. The number of nitrogens with two attached hydrogens (primary N) is 2. The predicted molar refractivity (Wildman–Crippen MR) is 83.1 cm³/mol. The first-order chi connectivity index (χ1) is 10.0. The van der Waals surface area contributed by atoms with Crippen molar-refractivity contribution < 1.29 is 14.3 Å². The standard InChI is InChI=1S/C15H23N3O3/c1-3-5-9-18(10-13(16)19)12-8-6-7-11(14(12)17)15(20)21-4-2/h6-8H,3-5,9-10,17H2,1-2H3,(H2,16,19). The molecule has 0 unspecified atom stereocenters. The lowest BCUT2D eigenvalue weighted by atomic mass is 10.1. The molecule has 116 valence electrons. The molecule has 4 N–H and O–H groups in total. The number of unbranched alkanes of at least 4 members (excludes halogenated alkanes) is 1. The number of carbonyl (C=O) groups excluding carboxylic acids is 2. The van der Waals surface area contributed by atoms with E-state index >= 15 is 0 Å². The maximum atomic E-state index is 11.9. The minimum Gasteiger partial charge on any atom is -0.462 e. The number of rotatable bonds is 8. The van der Waals surface area contributed by atoms with Crippen molar-refractivity contribution >= 4 is 23.3 Å². The van der Waals surface area contributed by atoms with Gasteiger partial charge >= 0.3 is 5.97 Å². The zero-order valence-electron chi connectivity index (χ0n) is 12.6. The number of carbonyl (C=O) groups is 2. The van der Waals surface area contributed by atoms with Gasteiger partial charge in [0, 0.05) is 6.54 Å². The molecule has 0 aliphatic rings. The van der Waals surface area contributed by atoms with Crippen LogP contribution < -0.4 is 16.4 Å². The van der Waals surface area contributed by atoms with Gasteiger partial charge < -0.3 is 21.1 Å². The Morgan fingerprint density at radius 1 is 1.29 bits per heavy atom. The molecular weight excluding hydrogens is 270 g/mol. The Labute approximate surface area is 125 Å². The van der Waals surface area contributed by atoms with Gasteiger partial charge in [0.05, 0.1) is 30.1 Å². The molecule has 0 aromatic heterocycles. The van der Waals surface area contributed by atoms with Gasteiger partial charge in [-0.2, -0.15) is 0 Å². The monoisotopic (exact) mass is 293 g/mol. The van der Waals surface area contributed by atoms with E-state index in [0.29, 0.717) is 23.5 Å². The number of nitrogens with zero attached hydrogens (tertiary/aromatic N) is 1. The Bertz CT molecular complexity index is 503. The van der Waals surface area contributed by atoms with Gasteiger partial charge in [-0.25, -0.2) is 4.79 Å². The molecule has 1 aromatic carbocycles. The van der Waals surface area contributed by atoms with Crippen LogP contribution in [0.3, 0.4) is 0 Å². The van der Waals surface area contributed by atoms with Gasteiger partial charge in [-0.3, -0.25) is 4.79 Å². The van der Waals surface area contributed by atoms with Gasteiger partial charge in [0.15, 0.2) is 0 Å². The van der Waals surface area contributed by atoms with Crippen molar-refractivity contribution in [3.63, 3.8) is 0 Å². The molecule has 0 aliphatic carbocycles. The van der Waals surface area contributed by atoms with Gasteiger partial charge in [0.1, 0.15) is 0 Å². The summed E-state index contributed by atoms with van der Waals surface area (Å²) in [7, 11) is 0. The van der Waals surface area contributed by atoms with Crippen LogP contribution in [0.25, 0.3) is 0 Å². The van der Waals surface area contributed by atoms with Crippen molar-refractivity contribution in [2.45, 2.75) is 26.7 Å². The first kappa shape index (κ1) is 16.8. The Morgan fingerprint density at radius 3 is 2.57 bits per heavy atom. The molecule has 1 rings (SSSR count). The van der Waals surface area contributed by atoms with E-state index in [2.05, 4.69) is 6.92 Å². The minimum atomic E-state index is -0.466. The van der Waals surface area contributed by atoms with E-state index in [9.17, 15) is 9.59 Å². The quantitative estimate of drug-likeness (QED) is 0.559. The van der Waals surface area contributed by atoms with Gasteiger partial charge in [0.2, 0.25) is 5.91 Å². The van der Waals surface area contributed by atoms with E-state index in [4.69, 9.17) is 16.2 Å². The lowest BCUT2D eigenvalue weighted by Gasteiger charge is -2.25. The third-order valence-corrected chi connectivity index (χ3v) is 3.05. The van der Waals surface area contributed by atoms with Gasteiger partial charge in [-0.15, -0.1) is 0 Å². The molecule has 0 bridgehead atoms. The van der Waals surface area contributed by atoms with E-state index in [1.807, 2.05) is 0 Å². The third-order valence-electron chi connectivity index (χ3n) is 3.05. The van der Waals surface area contributed by atoms with Gasteiger partial charge in [-0.05, 0) is 25.5 Å². The summed E-state index contributed by atoms with van der Waals surface area (Å²) < 4.78 is 4.98. The Morgan fingerprint density at radius 2 is 2.00 bits per heavy atom. The fraction of sp³-hybridized carbons (Fsp3) is 0.467. The van der Waals surface area contributed by atoms with Crippen LogP contribution in [0.5, 0.6) is 0 Å². The largest absolute Gasteiger partial charge is 0.462 e. The number of hydrogen-bond donors (Lipinski definition) is 2. The van der Waals surface area contributed by atoms with Gasteiger partial charge in [-0.1, -0.05) is 19.4 Å². The van der Waals surface area contributed by atoms with Crippen LogP contribution in [0.4, 0.5) is 11.4 Å². The number of benzene rings is 1. The first-order valence-electron chi connectivity index (χ1n) is 7.10. The summed E-state index contributed by atoms with van der Waals surface area (Å²) >= 11 is 0. The van der Waals surface area contributed by atoms with Crippen molar-refractivity contribution in [3.05, 3.63) is 23.8 Å². The molecule has 0 radical (unpaired) electrons. The highest BCUT2D eigenvalue weighted by molar-refractivity contribution is 5.99.